The van der Waals surface area contributed by atoms with Crippen molar-refractivity contribution in [2.45, 2.75) is 33.0 Å². The molecule has 1 aromatic rings. The predicted octanol–water partition coefficient (Wildman–Crippen LogP) is 1.82. The number of benzene rings is 1. The Morgan fingerprint density at radius 2 is 2.00 bits per heavy atom. The number of hydrogen-bond donors (Lipinski definition) is 2. The molecular weight excluding hydrogens is 190 g/mol. The number of nitrogens with two attached hydrogens (primary N) is 1. The van der Waals surface area contributed by atoms with Gasteiger partial charge in [-0.3, -0.25) is 0 Å². The molecule has 3 heteroatoms. The average molecular weight is 209 g/mol. The van der Waals surface area contributed by atoms with Crippen LogP contribution in [-0.4, -0.2) is 17.8 Å². The van der Waals surface area contributed by atoms with Crippen molar-refractivity contribution in [3.05, 3.63) is 29.3 Å². The number of para-hydroxylation sites is 1. The van der Waals surface area contributed by atoms with Gasteiger partial charge in [0.1, 0.15) is 5.75 Å². The number of hydrogen-bond acceptors (Lipinski definition) is 3. The minimum Gasteiger partial charge on any atom is -0.507 e. The van der Waals surface area contributed by atoms with Gasteiger partial charge in [0.15, 0.2) is 0 Å². The Morgan fingerprint density at radius 3 is 2.60 bits per heavy atom. The zero-order chi connectivity index (χ0) is 11.3. The standard InChI is InChI=1S/C12H19NO2/c1-9(2)15-8-11-5-3-4-10(6-7-13)12(11)14/h3-5,9,14H,6-8,13H2,1-2H3. The molecule has 0 aliphatic heterocycles. The molecule has 0 atom stereocenters. The van der Waals surface area contributed by atoms with Crippen LogP contribution in [0.5, 0.6) is 5.75 Å². The lowest BCUT2D eigenvalue weighted by Crippen LogP contribution is -2.05. The molecule has 0 amide bonds. The van der Waals surface area contributed by atoms with E-state index in [0.717, 1.165) is 11.1 Å². The van der Waals surface area contributed by atoms with Crippen LogP contribution in [0.4, 0.5) is 0 Å². The smallest absolute Gasteiger partial charge is 0.124 e. The second-order valence-electron chi connectivity index (χ2n) is 3.82. The van der Waals surface area contributed by atoms with Gasteiger partial charge in [0.05, 0.1) is 12.7 Å². The highest BCUT2D eigenvalue weighted by atomic mass is 16.5. The van der Waals surface area contributed by atoms with Crippen LogP contribution >= 0.6 is 0 Å². The van der Waals surface area contributed by atoms with E-state index in [2.05, 4.69) is 0 Å². The van der Waals surface area contributed by atoms with E-state index in [1.54, 1.807) is 0 Å². The van der Waals surface area contributed by atoms with Crippen molar-refractivity contribution in [3.8, 4) is 5.75 Å². The highest BCUT2D eigenvalue weighted by Crippen LogP contribution is 2.23. The summed E-state index contributed by atoms with van der Waals surface area (Å²) in [6.45, 7) is 4.94. The van der Waals surface area contributed by atoms with Crippen LogP contribution in [0.3, 0.4) is 0 Å². The molecule has 0 fully saturated rings. The van der Waals surface area contributed by atoms with Gasteiger partial charge in [0, 0.05) is 5.56 Å². The van der Waals surface area contributed by atoms with Gasteiger partial charge in [-0.25, -0.2) is 0 Å². The monoisotopic (exact) mass is 209 g/mol. The predicted molar refractivity (Wildman–Crippen MR) is 60.8 cm³/mol. The molecular formula is C12H19NO2. The van der Waals surface area contributed by atoms with Crippen LogP contribution in [-0.2, 0) is 17.8 Å². The maximum atomic E-state index is 9.90. The highest BCUT2D eigenvalue weighted by molar-refractivity contribution is 5.40. The van der Waals surface area contributed by atoms with Crippen LogP contribution in [0, 0.1) is 0 Å². The molecule has 15 heavy (non-hydrogen) atoms. The minimum atomic E-state index is 0.169. The van der Waals surface area contributed by atoms with Crippen molar-refractivity contribution >= 4 is 0 Å². The number of phenolic OH excluding ortho intramolecular Hbond substituents is 1. The molecule has 1 aromatic carbocycles. The van der Waals surface area contributed by atoms with Crippen LogP contribution in [0.15, 0.2) is 18.2 Å². The van der Waals surface area contributed by atoms with Gasteiger partial charge in [0.25, 0.3) is 0 Å². The molecule has 0 aromatic heterocycles. The van der Waals surface area contributed by atoms with E-state index < -0.39 is 0 Å². The summed E-state index contributed by atoms with van der Waals surface area (Å²) in [5, 5.41) is 9.90. The molecule has 3 nitrogen and oxygen atoms in total. The zero-order valence-electron chi connectivity index (χ0n) is 9.36. The lowest BCUT2D eigenvalue weighted by molar-refractivity contribution is 0.0644. The Labute approximate surface area is 90.9 Å². The van der Waals surface area contributed by atoms with Gasteiger partial charge < -0.3 is 15.6 Å². The normalized spacial score (nSPS) is 10.9. The fourth-order valence-electron chi connectivity index (χ4n) is 1.37. The fourth-order valence-corrected chi connectivity index (χ4v) is 1.37. The van der Waals surface area contributed by atoms with E-state index in [1.807, 2.05) is 32.0 Å². The van der Waals surface area contributed by atoms with E-state index in [0.29, 0.717) is 25.3 Å². The largest absolute Gasteiger partial charge is 0.507 e. The first-order valence-electron chi connectivity index (χ1n) is 5.26. The summed E-state index contributed by atoms with van der Waals surface area (Å²) >= 11 is 0. The maximum absolute atomic E-state index is 9.90. The zero-order valence-corrected chi connectivity index (χ0v) is 9.36. The van der Waals surface area contributed by atoms with Crippen LogP contribution in [0.2, 0.25) is 0 Å². The van der Waals surface area contributed by atoms with Crippen molar-refractivity contribution in [2.24, 2.45) is 5.73 Å². The average Bonchev–Trinajstić information content (AvgIpc) is 2.19. The minimum absolute atomic E-state index is 0.169. The number of aromatic hydroxyl groups is 1. The van der Waals surface area contributed by atoms with Crippen molar-refractivity contribution in [1.29, 1.82) is 0 Å². The third-order valence-electron chi connectivity index (χ3n) is 2.19. The summed E-state index contributed by atoms with van der Waals surface area (Å²) in [5.74, 6) is 0.323. The summed E-state index contributed by atoms with van der Waals surface area (Å²) < 4.78 is 5.45. The molecule has 0 radical (unpaired) electrons. The van der Waals surface area contributed by atoms with E-state index in [1.165, 1.54) is 0 Å². The Balaban J connectivity index is 2.75. The van der Waals surface area contributed by atoms with Gasteiger partial charge in [-0.1, -0.05) is 18.2 Å². The summed E-state index contributed by atoms with van der Waals surface area (Å²) in [6.07, 6.45) is 0.865. The Kier molecular flexibility index (Phi) is 4.59. The lowest BCUT2D eigenvalue weighted by atomic mass is 10.1. The highest BCUT2D eigenvalue weighted by Gasteiger charge is 2.06. The molecule has 1 rings (SSSR count). The molecule has 3 N–H and O–H groups in total. The Hall–Kier alpha value is -1.06. The fraction of sp³-hybridized carbons (Fsp3) is 0.500. The Morgan fingerprint density at radius 1 is 1.33 bits per heavy atom. The van der Waals surface area contributed by atoms with Crippen molar-refractivity contribution in [2.75, 3.05) is 6.54 Å². The first kappa shape index (κ1) is 12.0. The first-order valence-corrected chi connectivity index (χ1v) is 5.26. The summed E-state index contributed by atoms with van der Waals surface area (Å²) in [6, 6.07) is 5.68. The van der Waals surface area contributed by atoms with E-state index in [9.17, 15) is 5.11 Å². The Bertz CT molecular complexity index is 310. The quantitative estimate of drug-likeness (QED) is 0.777. The van der Waals surface area contributed by atoms with Gasteiger partial charge in [-0.2, -0.15) is 0 Å². The molecule has 0 saturated heterocycles. The molecule has 0 saturated carbocycles. The molecule has 0 bridgehead atoms. The van der Waals surface area contributed by atoms with Gasteiger partial charge in [-0.15, -0.1) is 0 Å². The van der Waals surface area contributed by atoms with Crippen molar-refractivity contribution < 1.29 is 9.84 Å². The summed E-state index contributed by atoms with van der Waals surface area (Å²) in [4.78, 5) is 0. The van der Waals surface area contributed by atoms with Crippen LogP contribution in [0.25, 0.3) is 0 Å². The second kappa shape index (κ2) is 5.73. The second-order valence-corrected chi connectivity index (χ2v) is 3.82. The number of rotatable bonds is 5. The lowest BCUT2D eigenvalue weighted by Gasteiger charge is -2.11. The van der Waals surface area contributed by atoms with Crippen LogP contribution < -0.4 is 5.73 Å². The summed E-state index contributed by atoms with van der Waals surface area (Å²) in [5.41, 5.74) is 7.18. The van der Waals surface area contributed by atoms with Crippen molar-refractivity contribution in [1.82, 2.24) is 0 Å². The topological polar surface area (TPSA) is 55.5 Å². The third-order valence-corrected chi connectivity index (χ3v) is 2.19. The van der Waals surface area contributed by atoms with E-state index in [4.69, 9.17) is 10.5 Å². The van der Waals surface area contributed by atoms with E-state index in [-0.39, 0.29) is 6.10 Å². The summed E-state index contributed by atoms with van der Waals surface area (Å²) in [7, 11) is 0. The SMILES string of the molecule is CC(C)OCc1cccc(CCN)c1O. The van der Waals surface area contributed by atoms with Crippen molar-refractivity contribution in [3.63, 3.8) is 0 Å². The van der Waals surface area contributed by atoms with E-state index >= 15 is 0 Å². The number of phenols is 1. The molecule has 0 heterocycles. The maximum Gasteiger partial charge on any atom is 0.124 e. The van der Waals surface area contributed by atoms with Gasteiger partial charge in [0.2, 0.25) is 0 Å². The van der Waals surface area contributed by atoms with Gasteiger partial charge in [-0.05, 0) is 32.4 Å². The third kappa shape index (κ3) is 3.53. The molecule has 0 aliphatic carbocycles. The molecule has 0 unspecified atom stereocenters. The molecule has 0 aliphatic rings. The van der Waals surface area contributed by atoms with Gasteiger partial charge >= 0.3 is 0 Å². The molecule has 0 spiro atoms. The first-order chi connectivity index (χ1) is 7.15. The molecule has 84 valence electrons. The van der Waals surface area contributed by atoms with Crippen LogP contribution in [0.1, 0.15) is 25.0 Å². The number of ether oxygens (including phenoxy) is 1.